The first kappa shape index (κ1) is 12.6. The zero-order valence-corrected chi connectivity index (χ0v) is 10.5. The first-order valence-corrected chi connectivity index (χ1v) is 7.24. The summed E-state index contributed by atoms with van der Waals surface area (Å²) in [6.07, 6.45) is 0.908. The van der Waals surface area contributed by atoms with Crippen molar-refractivity contribution in [2.75, 3.05) is 0 Å². The molecule has 0 saturated heterocycles. The molecular weight excluding hydrogens is 290 g/mol. The number of aliphatic imine (C=N–C) groups is 1. The summed E-state index contributed by atoms with van der Waals surface area (Å²) in [6, 6.07) is 2.22. The Hall–Kier alpha value is -0.840. The number of nitrogens with one attached hydrogen (secondary N) is 1. The van der Waals surface area contributed by atoms with Crippen LogP contribution in [0.3, 0.4) is 0 Å². The van der Waals surface area contributed by atoms with Gasteiger partial charge in [-0.1, -0.05) is 11.6 Å². The van der Waals surface area contributed by atoms with Crippen molar-refractivity contribution in [2.45, 2.75) is 9.79 Å². The third-order valence-electron chi connectivity index (χ3n) is 2.01. The molecule has 2 rings (SSSR count). The van der Waals surface area contributed by atoms with Gasteiger partial charge in [-0.3, -0.25) is 0 Å². The maximum Gasteiger partial charge on any atom is 0.246 e. The van der Waals surface area contributed by atoms with Gasteiger partial charge in [-0.05, 0) is 12.1 Å². The van der Waals surface area contributed by atoms with Gasteiger partial charge in [-0.15, -0.1) is 0 Å². The van der Waals surface area contributed by atoms with Gasteiger partial charge in [-0.25, -0.2) is 23.0 Å². The van der Waals surface area contributed by atoms with E-state index in [1.165, 1.54) is 6.07 Å². The molecule has 3 N–H and O–H groups in total. The number of benzene rings is 1. The Bertz CT molecular complexity index is 643. The molecule has 0 saturated carbocycles. The maximum absolute atomic E-state index is 11.6. The highest BCUT2D eigenvalue weighted by Gasteiger charge is 2.25. The summed E-state index contributed by atoms with van der Waals surface area (Å²) in [5.74, 6) is 0. The molecule has 0 spiro atoms. The van der Waals surface area contributed by atoms with Gasteiger partial charge < -0.3 is 5.21 Å². The van der Waals surface area contributed by atoms with Crippen LogP contribution in [0, 0.1) is 5.21 Å². The Labute approximate surface area is 104 Å². The molecule has 1 aliphatic rings. The van der Waals surface area contributed by atoms with Gasteiger partial charge in [0, 0.05) is 0 Å². The highest BCUT2D eigenvalue weighted by molar-refractivity contribution is 7.89. The van der Waals surface area contributed by atoms with Crippen LogP contribution >= 0.6 is 11.6 Å². The van der Waals surface area contributed by atoms with Crippen LogP contribution in [-0.2, 0) is 21.0 Å². The standard InChI is InChI=1S/C7H6ClN3O4S2/c8-4-1-5-6(2-7(4)17(9,14)15)16(13)11(12)3-10-5/h1-3,11H,(H2,9,14,15). The number of hydroxylamine groups is 1. The molecule has 7 nitrogen and oxygen atoms in total. The van der Waals surface area contributed by atoms with Crippen LogP contribution < -0.4 is 9.61 Å². The van der Waals surface area contributed by atoms with E-state index < -0.39 is 25.5 Å². The normalized spacial score (nSPS) is 23.5. The fourth-order valence-electron chi connectivity index (χ4n) is 1.27. The van der Waals surface area contributed by atoms with Crippen LogP contribution in [0.2, 0.25) is 5.02 Å². The van der Waals surface area contributed by atoms with Crippen LogP contribution in [0.15, 0.2) is 26.9 Å². The van der Waals surface area contributed by atoms with Gasteiger partial charge >= 0.3 is 0 Å². The van der Waals surface area contributed by atoms with E-state index in [1.54, 1.807) is 0 Å². The molecule has 0 aromatic heterocycles. The minimum atomic E-state index is -4.04. The van der Waals surface area contributed by atoms with Gasteiger partial charge in [0.1, 0.15) is 9.79 Å². The fourth-order valence-corrected chi connectivity index (χ4v) is 3.33. The molecule has 1 aromatic rings. The summed E-state index contributed by atoms with van der Waals surface area (Å²) in [5.41, 5.74) is 0.195. The molecule has 92 valence electrons. The molecule has 2 unspecified atom stereocenters. The molecule has 1 aromatic carbocycles. The van der Waals surface area contributed by atoms with Crippen molar-refractivity contribution in [3.8, 4) is 0 Å². The molecule has 0 amide bonds. The van der Waals surface area contributed by atoms with Crippen molar-refractivity contribution in [1.82, 2.24) is 0 Å². The Kier molecular flexibility index (Phi) is 3.06. The van der Waals surface area contributed by atoms with E-state index in [0.717, 1.165) is 12.4 Å². The average molecular weight is 296 g/mol. The van der Waals surface area contributed by atoms with Crippen LogP contribution in [0.1, 0.15) is 0 Å². The Morgan fingerprint density at radius 2 is 2.12 bits per heavy atom. The quantitative estimate of drug-likeness (QED) is 0.651. The number of primary sulfonamides is 1. The summed E-state index contributed by atoms with van der Waals surface area (Å²) in [4.78, 5) is 3.33. The number of hydrogen-bond acceptors (Lipinski definition) is 5. The second kappa shape index (κ2) is 4.12. The first-order valence-electron chi connectivity index (χ1n) is 4.17. The lowest BCUT2D eigenvalue weighted by molar-refractivity contribution is -0.577. The molecular formula is C7H6ClN3O4S2. The molecule has 0 aliphatic carbocycles. The fraction of sp³-hybridized carbons (Fsp3) is 0. The summed E-state index contributed by atoms with van der Waals surface area (Å²) in [6.45, 7) is 0. The van der Waals surface area contributed by atoms with E-state index in [0.29, 0.717) is 0 Å². The van der Waals surface area contributed by atoms with Crippen LogP contribution in [0.5, 0.6) is 0 Å². The SMILES string of the molecule is NS(=O)(=O)c1cc2c(cc1Cl)N=C[NH+]([O-])S2=O. The molecule has 2 atom stereocenters. The summed E-state index contributed by atoms with van der Waals surface area (Å²) in [7, 11) is -6.02. The minimum Gasteiger partial charge on any atom is -0.613 e. The number of sulfonamides is 1. The van der Waals surface area contributed by atoms with E-state index in [1.807, 2.05) is 0 Å². The smallest absolute Gasteiger partial charge is 0.246 e. The van der Waals surface area contributed by atoms with E-state index in [2.05, 4.69) is 4.99 Å². The Balaban J connectivity index is 2.73. The van der Waals surface area contributed by atoms with Crippen molar-refractivity contribution in [1.29, 1.82) is 0 Å². The Morgan fingerprint density at radius 3 is 2.71 bits per heavy atom. The number of fused-ring (bicyclic) bond motifs is 1. The predicted octanol–water partition coefficient (Wildman–Crippen LogP) is -0.934. The number of nitrogens with two attached hydrogens (primary N) is 1. The summed E-state index contributed by atoms with van der Waals surface area (Å²) >= 11 is 5.71. The lowest BCUT2D eigenvalue weighted by Gasteiger charge is -2.19. The van der Waals surface area contributed by atoms with Crippen LogP contribution in [0.25, 0.3) is 0 Å². The lowest BCUT2D eigenvalue weighted by atomic mass is 10.3. The van der Waals surface area contributed by atoms with Crippen molar-refractivity contribution in [3.05, 3.63) is 22.4 Å². The topological polar surface area (TPSA) is 117 Å². The van der Waals surface area contributed by atoms with E-state index >= 15 is 0 Å². The summed E-state index contributed by atoms with van der Waals surface area (Å²) in [5, 5.41) is 15.9. The van der Waals surface area contributed by atoms with Crippen molar-refractivity contribution >= 4 is 44.6 Å². The highest BCUT2D eigenvalue weighted by atomic mass is 35.5. The summed E-state index contributed by atoms with van der Waals surface area (Å²) < 4.78 is 33.3. The number of halogens is 1. The molecule has 0 radical (unpaired) electrons. The number of hydrogen-bond donors (Lipinski definition) is 2. The zero-order chi connectivity index (χ0) is 12.8. The van der Waals surface area contributed by atoms with Crippen LogP contribution in [0.4, 0.5) is 5.69 Å². The third-order valence-corrected chi connectivity index (χ3v) is 4.58. The first-order chi connectivity index (χ1) is 7.80. The van der Waals surface area contributed by atoms with Crippen molar-refractivity contribution in [3.63, 3.8) is 0 Å². The number of quaternary nitrogens is 1. The van der Waals surface area contributed by atoms with Crippen molar-refractivity contribution < 1.29 is 17.1 Å². The number of rotatable bonds is 1. The molecule has 1 aliphatic heterocycles. The van der Waals surface area contributed by atoms with Gasteiger partial charge in [0.2, 0.25) is 27.3 Å². The van der Waals surface area contributed by atoms with E-state index in [-0.39, 0.29) is 20.5 Å². The van der Waals surface area contributed by atoms with Gasteiger partial charge in [0.05, 0.1) is 10.7 Å². The molecule has 1 heterocycles. The minimum absolute atomic E-state index is 0.00840. The Morgan fingerprint density at radius 1 is 1.47 bits per heavy atom. The molecule has 0 bridgehead atoms. The number of nitrogens with zero attached hydrogens (tertiary/aromatic N) is 1. The largest absolute Gasteiger partial charge is 0.613 e. The van der Waals surface area contributed by atoms with E-state index in [9.17, 15) is 17.8 Å². The van der Waals surface area contributed by atoms with E-state index in [4.69, 9.17) is 16.7 Å². The average Bonchev–Trinajstić information content (AvgIpc) is 2.21. The predicted molar refractivity (Wildman–Crippen MR) is 61.7 cm³/mol. The highest BCUT2D eigenvalue weighted by Crippen LogP contribution is 2.31. The molecule has 10 heteroatoms. The second-order valence-electron chi connectivity index (χ2n) is 3.14. The van der Waals surface area contributed by atoms with Gasteiger partial charge in [0.25, 0.3) is 0 Å². The maximum atomic E-state index is 11.6. The van der Waals surface area contributed by atoms with Gasteiger partial charge in [-0.2, -0.15) is 4.21 Å². The third kappa shape index (κ3) is 2.25. The van der Waals surface area contributed by atoms with Crippen LogP contribution in [-0.4, -0.2) is 19.0 Å². The lowest BCUT2D eigenvalue weighted by Crippen LogP contribution is -3.06. The molecule has 17 heavy (non-hydrogen) atoms. The second-order valence-corrected chi connectivity index (χ2v) is 6.46. The monoisotopic (exact) mass is 295 g/mol. The van der Waals surface area contributed by atoms with Gasteiger partial charge in [0.15, 0.2) is 0 Å². The van der Waals surface area contributed by atoms with Crippen molar-refractivity contribution in [2.24, 2.45) is 10.1 Å². The molecule has 0 fully saturated rings. The zero-order valence-electron chi connectivity index (χ0n) is 8.08.